The highest BCUT2D eigenvalue weighted by atomic mass is 16.5. The van der Waals surface area contributed by atoms with E-state index in [1.165, 1.54) is 6.20 Å². The van der Waals surface area contributed by atoms with Gasteiger partial charge in [0.05, 0.1) is 7.11 Å². The van der Waals surface area contributed by atoms with Crippen LogP contribution in [0.3, 0.4) is 0 Å². The van der Waals surface area contributed by atoms with E-state index in [0.29, 0.717) is 30.3 Å². The van der Waals surface area contributed by atoms with Gasteiger partial charge < -0.3 is 14.8 Å². The van der Waals surface area contributed by atoms with Crippen LogP contribution in [0.1, 0.15) is 16.1 Å². The fourth-order valence-corrected chi connectivity index (χ4v) is 3.08. The van der Waals surface area contributed by atoms with Crippen molar-refractivity contribution in [3.63, 3.8) is 0 Å². The minimum Gasteiger partial charge on any atom is -0.493 e. The van der Waals surface area contributed by atoms with E-state index in [2.05, 4.69) is 20.3 Å². The van der Waals surface area contributed by atoms with Gasteiger partial charge in [-0.1, -0.05) is 48.5 Å². The Morgan fingerprint density at radius 1 is 0.906 bits per heavy atom. The number of aromatic nitrogens is 3. The first-order valence-electron chi connectivity index (χ1n) is 10.2. The molecule has 2 aromatic carbocycles. The summed E-state index contributed by atoms with van der Waals surface area (Å²) in [6.07, 6.45) is 3.82. The molecule has 7 heteroatoms. The molecule has 32 heavy (non-hydrogen) atoms. The van der Waals surface area contributed by atoms with Crippen LogP contribution in [0.5, 0.6) is 17.4 Å². The van der Waals surface area contributed by atoms with Crippen LogP contribution < -0.4 is 14.8 Å². The molecule has 1 amide bonds. The molecule has 4 rings (SSSR count). The third kappa shape index (κ3) is 5.07. The number of nitrogens with zero attached hydrogens (tertiary/aromatic N) is 3. The van der Waals surface area contributed by atoms with Gasteiger partial charge >= 0.3 is 0 Å². The minimum absolute atomic E-state index is 0.152. The molecule has 2 aromatic heterocycles. The van der Waals surface area contributed by atoms with Gasteiger partial charge in [0, 0.05) is 36.6 Å². The maximum absolute atomic E-state index is 12.9. The largest absolute Gasteiger partial charge is 0.493 e. The average molecular weight is 426 g/mol. The van der Waals surface area contributed by atoms with Crippen molar-refractivity contribution in [2.75, 3.05) is 13.7 Å². The number of hydrogen-bond acceptors (Lipinski definition) is 6. The summed E-state index contributed by atoms with van der Waals surface area (Å²) in [7, 11) is 1.56. The van der Waals surface area contributed by atoms with Crippen LogP contribution in [0.15, 0.2) is 85.2 Å². The Morgan fingerprint density at radius 3 is 2.41 bits per heavy atom. The molecule has 0 atom stereocenters. The highest BCUT2D eigenvalue weighted by molar-refractivity contribution is 5.96. The van der Waals surface area contributed by atoms with Gasteiger partial charge in [-0.05, 0) is 24.3 Å². The SMILES string of the molecule is COc1ccccc1Oc1nc(-c2ccccc2)ncc1C(=O)NCCc1ccccn1. The standard InChI is InChI=1S/C25H22N4O3/c1-31-21-12-5-6-13-22(21)32-25-20(17-28-23(29-25)18-9-3-2-4-10-18)24(30)27-16-14-19-11-7-8-15-26-19/h2-13,15,17H,14,16H2,1H3,(H,27,30). The summed E-state index contributed by atoms with van der Waals surface area (Å²) in [6.45, 7) is 0.421. The molecule has 0 saturated carbocycles. The Kier molecular flexibility index (Phi) is 6.67. The van der Waals surface area contributed by atoms with Crippen molar-refractivity contribution < 1.29 is 14.3 Å². The highest BCUT2D eigenvalue weighted by Crippen LogP contribution is 2.32. The topological polar surface area (TPSA) is 86.2 Å². The van der Waals surface area contributed by atoms with Crippen molar-refractivity contribution >= 4 is 5.91 Å². The number of pyridine rings is 1. The lowest BCUT2D eigenvalue weighted by Crippen LogP contribution is -2.26. The number of hydrogen-bond donors (Lipinski definition) is 1. The van der Waals surface area contributed by atoms with E-state index in [1.54, 1.807) is 25.4 Å². The van der Waals surface area contributed by atoms with E-state index in [9.17, 15) is 4.79 Å². The van der Waals surface area contributed by atoms with Crippen LogP contribution in [-0.4, -0.2) is 34.5 Å². The van der Waals surface area contributed by atoms with E-state index in [1.807, 2.05) is 60.7 Å². The number of para-hydroxylation sites is 2. The van der Waals surface area contributed by atoms with Gasteiger partial charge in [-0.2, -0.15) is 4.98 Å². The number of carbonyl (C=O) groups is 1. The monoisotopic (exact) mass is 426 g/mol. The summed E-state index contributed by atoms with van der Waals surface area (Å²) in [5.41, 5.74) is 1.95. The van der Waals surface area contributed by atoms with Crippen molar-refractivity contribution in [3.05, 3.63) is 96.4 Å². The van der Waals surface area contributed by atoms with Crippen molar-refractivity contribution in [1.29, 1.82) is 0 Å². The van der Waals surface area contributed by atoms with Crippen LogP contribution in [0.4, 0.5) is 0 Å². The first-order valence-corrected chi connectivity index (χ1v) is 10.2. The van der Waals surface area contributed by atoms with E-state index in [-0.39, 0.29) is 17.4 Å². The highest BCUT2D eigenvalue weighted by Gasteiger charge is 2.19. The lowest BCUT2D eigenvalue weighted by molar-refractivity contribution is 0.0950. The summed E-state index contributed by atoms with van der Waals surface area (Å²) in [5.74, 6) is 1.27. The molecule has 0 saturated heterocycles. The summed E-state index contributed by atoms with van der Waals surface area (Å²) in [6, 6.07) is 22.4. The third-order valence-electron chi connectivity index (χ3n) is 4.70. The third-order valence-corrected chi connectivity index (χ3v) is 4.70. The predicted molar refractivity (Wildman–Crippen MR) is 121 cm³/mol. The summed E-state index contributed by atoms with van der Waals surface area (Å²) in [5, 5.41) is 2.89. The molecule has 0 unspecified atom stereocenters. The van der Waals surface area contributed by atoms with E-state index >= 15 is 0 Å². The van der Waals surface area contributed by atoms with Gasteiger partial charge in [0.15, 0.2) is 17.3 Å². The quantitative estimate of drug-likeness (QED) is 0.452. The van der Waals surface area contributed by atoms with E-state index in [0.717, 1.165) is 11.3 Å². The molecule has 0 radical (unpaired) electrons. The van der Waals surface area contributed by atoms with Gasteiger partial charge in [0.2, 0.25) is 5.88 Å². The van der Waals surface area contributed by atoms with E-state index < -0.39 is 0 Å². The fraction of sp³-hybridized carbons (Fsp3) is 0.120. The lowest BCUT2D eigenvalue weighted by Gasteiger charge is -2.13. The molecular weight excluding hydrogens is 404 g/mol. The number of ether oxygens (including phenoxy) is 2. The van der Waals surface area contributed by atoms with Gasteiger partial charge in [0.1, 0.15) is 5.56 Å². The van der Waals surface area contributed by atoms with Crippen molar-refractivity contribution in [1.82, 2.24) is 20.3 Å². The summed E-state index contributed by atoms with van der Waals surface area (Å²) < 4.78 is 11.4. The maximum Gasteiger partial charge on any atom is 0.258 e. The Morgan fingerprint density at radius 2 is 1.66 bits per heavy atom. The Balaban J connectivity index is 1.60. The molecule has 0 bridgehead atoms. The molecule has 2 heterocycles. The Hall–Kier alpha value is -4.26. The molecular formula is C25H22N4O3. The second kappa shape index (κ2) is 10.2. The maximum atomic E-state index is 12.9. The van der Waals surface area contributed by atoms with Gasteiger partial charge in [-0.15, -0.1) is 0 Å². The second-order valence-corrected chi connectivity index (χ2v) is 6.86. The molecule has 1 N–H and O–H groups in total. The number of carbonyl (C=O) groups excluding carboxylic acids is 1. The first kappa shape index (κ1) is 21.0. The Labute approximate surface area is 186 Å². The number of nitrogens with one attached hydrogen (secondary N) is 1. The number of methoxy groups -OCH3 is 1. The van der Waals surface area contributed by atoms with Crippen LogP contribution in [0, 0.1) is 0 Å². The fourth-order valence-electron chi connectivity index (χ4n) is 3.08. The molecule has 0 aliphatic rings. The normalized spacial score (nSPS) is 10.4. The zero-order chi connectivity index (χ0) is 22.2. The van der Waals surface area contributed by atoms with Crippen molar-refractivity contribution in [3.8, 4) is 28.8 Å². The molecule has 7 nitrogen and oxygen atoms in total. The summed E-state index contributed by atoms with van der Waals surface area (Å²) >= 11 is 0. The lowest BCUT2D eigenvalue weighted by atomic mass is 10.2. The molecule has 0 aliphatic heterocycles. The van der Waals surface area contributed by atoms with Gasteiger partial charge in [-0.25, -0.2) is 4.98 Å². The second-order valence-electron chi connectivity index (χ2n) is 6.86. The van der Waals surface area contributed by atoms with Crippen LogP contribution in [0.2, 0.25) is 0 Å². The number of amides is 1. The van der Waals surface area contributed by atoms with Crippen molar-refractivity contribution in [2.45, 2.75) is 6.42 Å². The number of benzene rings is 2. The first-order chi connectivity index (χ1) is 15.7. The average Bonchev–Trinajstić information content (AvgIpc) is 2.85. The van der Waals surface area contributed by atoms with Gasteiger partial charge in [0.25, 0.3) is 5.91 Å². The van der Waals surface area contributed by atoms with Crippen molar-refractivity contribution in [2.24, 2.45) is 0 Å². The van der Waals surface area contributed by atoms with Gasteiger partial charge in [-0.3, -0.25) is 9.78 Å². The van der Waals surface area contributed by atoms with E-state index in [4.69, 9.17) is 9.47 Å². The Bertz CT molecular complexity index is 1180. The number of rotatable bonds is 8. The molecule has 0 fully saturated rings. The summed E-state index contributed by atoms with van der Waals surface area (Å²) in [4.78, 5) is 26.1. The predicted octanol–water partition coefficient (Wildman–Crippen LogP) is 4.31. The zero-order valence-corrected chi connectivity index (χ0v) is 17.6. The van der Waals surface area contributed by atoms with Crippen LogP contribution in [-0.2, 0) is 6.42 Å². The molecule has 0 spiro atoms. The molecule has 0 aliphatic carbocycles. The minimum atomic E-state index is -0.328. The zero-order valence-electron chi connectivity index (χ0n) is 17.6. The smallest absolute Gasteiger partial charge is 0.258 e. The molecule has 4 aromatic rings. The van der Waals surface area contributed by atoms with Crippen LogP contribution in [0.25, 0.3) is 11.4 Å². The molecule has 160 valence electrons. The van der Waals surface area contributed by atoms with Crippen LogP contribution >= 0.6 is 0 Å².